The van der Waals surface area contributed by atoms with E-state index in [1.807, 2.05) is 38.1 Å². The van der Waals surface area contributed by atoms with Gasteiger partial charge in [0.1, 0.15) is 11.8 Å². The third-order valence-corrected chi connectivity index (χ3v) is 3.50. The number of carboxylic acids is 1. The van der Waals surface area contributed by atoms with Crippen molar-refractivity contribution in [3.63, 3.8) is 0 Å². The summed E-state index contributed by atoms with van der Waals surface area (Å²) in [7, 11) is 0. The zero-order valence-corrected chi connectivity index (χ0v) is 14.2. The highest BCUT2D eigenvalue weighted by Gasteiger charge is 2.20. The summed E-state index contributed by atoms with van der Waals surface area (Å²) in [5, 5.41) is 11.7. The average Bonchev–Trinajstić information content (AvgIpc) is 2.50. The molecule has 0 aromatic heterocycles. The van der Waals surface area contributed by atoms with Crippen LogP contribution in [0.1, 0.15) is 45.6 Å². The van der Waals surface area contributed by atoms with Crippen molar-refractivity contribution in [2.75, 3.05) is 6.61 Å². The molecule has 23 heavy (non-hydrogen) atoms. The van der Waals surface area contributed by atoms with Crippen LogP contribution in [0.5, 0.6) is 5.75 Å². The maximum Gasteiger partial charge on any atom is 0.326 e. The number of para-hydroxylation sites is 1. The van der Waals surface area contributed by atoms with E-state index in [0.717, 1.165) is 17.7 Å². The summed E-state index contributed by atoms with van der Waals surface area (Å²) in [6.07, 6.45) is 2.14. The van der Waals surface area contributed by atoms with Gasteiger partial charge < -0.3 is 15.2 Å². The highest BCUT2D eigenvalue weighted by Crippen LogP contribution is 2.18. The minimum atomic E-state index is -0.986. The van der Waals surface area contributed by atoms with Crippen molar-refractivity contribution >= 4 is 11.9 Å². The van der Waals surface area contributed by atoms with Crippen molar-refractivity contribution in [1.82, 2.24) is 5.32 Å². The number of aryl methyl sites for hydroxylation is 1. The first-order chi connectivity index (χ1) is 10.9. The lowest BCUT2D eigenvalue weighted by Crippen LogP contribution is -2.41. The summed E-state index contributed by atoms with van der Waals surface area (Å²) in [5.74, 6) is -0.172. The summed E-state index contributed by atoms with van der Waals surface area (Å²) < 4.78 is 5.70. The molecule has 0 radical (unpaired) electrons. The van der Waals surface area contributed by atoms with Gasteiger partial charge in [0.05, 0.1) is 6.61 Å². The molecule has 5 nitrogen and oxygen atoms in total. The Morgan fingerprint density at radius 2 is 1.96 bits per heavy atom. The molecule has 1 aromatic carbocycles. The molecule has 1 aromatic rings. The number of aliphatic carboxylic acids is 1. The fourth-order valence-electron chi connectivity index (χ4n) is 2.31. The molecule has 1 atom stereocenters. The average molecular weight is 321 g/mol. The van der Waals surface area contributed by atoms with E-state index in [2.05, 4.69) is 12.2 Å². The number of rotatable bonds is 10. The van der Waals surface area contributed by atoms with Crippen LogP contribution in [0.25, 0.3) is 0 Å². The predicted molar refractivity (Wildman–Crippen MR) is 89.6 cm³/mol. The van der Waals surface area contributed by atoms with Crippen molar-refractivity contribution in [1.29, 1.82) is 0 Å². The molecule has 5 heteroatoms. The highest BCUT2D eigenvalue weighted by atomic mass is 16.5. The van der Waals surface area contributed by atoms with Crippen LogP contribution in [0.3, 0.4) is 0 Å². The van der Waals surface area contributed by atoms with E-state index in [-0.39, 0.29) is 18.2 Å². The number of nitrogens with one attached hydrogen (secondary N) is 1. The lowest BCUT2D eigenvalue weighted by molar-refractivity contribution is -0.142. The second kappa shape index (κ2) is 9.87. The fraction of sp³-hybridized carbons (Fsp3) is 0.556. The van der Waals surface area contributed by atoms with Crippen molar-refractivity contribution < 1.29 is 19.4 Å². The van der Waals surface area contributed by atoms with Gasteiger partial charge in [-0.3, -0.25) is 4.79 Å². The standard InChI is InChI=1S/C18H27NO4/c1-4-14-8-5-6-9-16(14)23-11-7-10-17(20)19-15(18(21)22)12-13(2)3/h5-6,8-9,13,15H,4,7,10-12H2,1-3H3,(H,19,20)(H,21,22). The molecule has 0 aliphatic rings. The maximum atomic E-state index is 11.8. The van der Waals surface area contributed by atoms with E-state index in [0.29, 0.717) is 19.4 Å². The lowest BCUT2D eigenvalue weighted by Gasteiger charge is -2.16. The second-order valence-electron chi connectivity index (χ2n) is 6.00. The Balaban J connectivity index is 2.34. The van der Waals surface area contributed by atoms with E-state index >= 15 is 0 Å². The SMILES string of the molecule is CCc1ccccc1OCCCC(=O)NC(CC(C)C)C(=O)O. The molecule has 0 saturated carbocycles. The molecule has 0 saturated heterocycles. The molecule has 0 spiro atoms. The van der Waals surface area contributed by atoms with E-state index in [1.165, 1.54) is 0 Å². The van der Waals surface area contributed by atoms with Gasteiger partial charge in [-0.15, -0.1) is 0 Å². The number of carbonyl (C=O) groups excluding carboxylic acids is 1. The van der Waals surface area contributed by atoms with Crippen molar-refractivity contribution in [2.45, 2.75) is 52.5 Å². The second-order valence-corrected chi connectivity index (χ2v) is 6.00. The minimum Gasteiger partial charge on any atom is -0.493 e. The molecule has 0 fully saturated rings. The van der Waals surface area contributed by atoms with Crippen LogP contribution in [0.4, 0.5) is 0 Å². The van der Waals surface area contributed by atoms with Gasteiger partial charge in [0.25, 0.3) is 0 Å². The first-order valence-corrected chi connectivity index (χ1v) is 8.16. The Kier molecular flexibility index (Phi) is 8.16. The Hall–Kier alpha value is -2.04. The maximum absolute atomic E-state index is 11.8. The summed E-state index contributed by atoms with van der Waals surface area (Å²) >= 11 is 0. The summed E-state index contributed by atoms with van der Waals surface area (Å²) in [6.45, 7) is 6.37. The molecular formula is C18H27NO4. The van der Waals surface area contributed by atoms with Gasteiger partial charge in [0.15, 0.2) is 0 Å². The van der Waals surface area contributed by atoms with Gasteiger partial charge in [-0.2, -0.15) is 0 Å². The summed E-state index contributed by atoms with van der Waals surface area (Å²) in [4.78, 5) is 23.0. The molecule has 1 rings (SSSR count). The number of ether oxygens (including phenoxy) is 1. The van der Waals surface area contributed by atoms with Crippen LogP contribution in [-0.2, 0) is 16.0 Å². The van der Waals surface area contributed by atoms with Crippen molar-refractivity contribution in [3.8, 4) is 5.75 Å². The smallest absolute Gasteiger partial charge is 0.326 e. The van der Waals surface area contributed by atoms with E-state index in [4.69, 9.17) is 9.84 Å². The van der Waals surface area contributed by atoms with Gasteiger partial charge >= 0.3 is 5.97 Å². The normalized spacial score (nSPS) is 12.0. The van der Waals surface area contributed by atoms with Gasteiger partial charge in [0.2, 0.25) is 5.91 Å². The summed E-state index contributed by atoms with van der Waals surface area (Å²) in [5.41, 5.74) is 1.14. The molecule has 0 bridgehead atoms. The van der Waals surface area contributed by atoms with Gasteiger partial charge in [0, 0.05) is 6.42 Å². The molecule has 1 unspecified atom stereocenters. The van der Waals surface area contributed by atoms with E-state index < -0.39 is 12.0 Å². The number of amides is 1. The first kappa shape index (κ1) is 19.0. The zero-order chi connectivity index (χ0) is 17.2. The highest BCUT2D eigenvalue weighted by molar-refractivity contribution is 5.83. The number of benzene rings is 1. The molecule has 0 aliphatic heterocycles. The molecule has 2 N–H and O–H groups in total. The molecule has 128 valence electrons. The van der Waals surface area contributed by atoms with Gasteiger partial charge in [-0.25, -0.2) is 4.79 Å². The van der Waals surface area contributed by atoms with Crippen LogP contribution in [0, 0.1) is 5.92 Å². The van der Waals surface area contributed by atoms with E-state index in [1.54, 1.807) is 0 Å². The molecule has 0 aliphatic carbocycles. The zero-order valence-electron chi connectivity index (χ0n) is 14.2. The lowest BCUT2D eigenvalue weighted by atomic mass is 10.0. The third-order valence-electron chi connectivity index (χ3n) is 3.50. The van der Waals surface area contributed by atoms with Crippen LogP contribution in [0.2, 0.25) is 0 Å². The quantitative estimate of drug-likeness (QED) is 0.650. The van der Waals surface area contributed by atoms with Crippen molar-refractivity contribution in [2.24, 2.45) is 5.92 Å². The third kappa shape index (κ3) is 7.17. The predicted octanol–water partition coefficient (Wildman–Crippen LogP) is 3.02. The largest absolute Gasteiger partial charge is 0.493 e. The van der Waals surface area contributed by atoms with Gasteiger partial charge in [-0.05, 0) is 36.8 Å². The first-order valence-electron chi connectivity index (χ1n) is 8.16. The van der Waals surface area contributed by atoms with Crippen LogP contribution < -0.4 is 10.1 Å². The van der Waals surface area contributed by atoms with Crippen LogP contribution >= 0.6 is 0 Å². The molecule has 1 amide bonds. The Labute approximate surface area is 138 Å². The Morgan fingerprint density at radius 3 is 2.57 bits per heavy atom. The number of hydrogen-bond donors (Lipinski definition) is 2. The Morgan fingerprint density at radius 1 is 1.26 bits per heavy atom. The molecular weight excluding hydrogens is 294 g/mol. The van der Waals surface area contributed by atoms with Crippen LogP contribution in [-0.4, -0.2) is 29.6 Å². The topological polar surface area (TPSA) is 75.6 Å². The summed E-state index contributed by atoms with van der Waals surface area (Å²) in [6, 6.07) is 7.02. The number of carboxylic acid groups (broad SMARTS) is 1. The Bertz CT molecular complexity index is 513. The number of carbonyl (C=O) groups is 2. The monoisotopic (exact) mass is 321 g/mol. The number of hydrogen-bond acceptors (Lipinski definition) is 3. The molecule has 0 heterocycles. The van der Waals surface area contributed by atoms with Crippen LogP contribution in [0.15, 0.2) is 24.3 Å². The minimum absolute atomic E-state index is 0.213. The van der Waals surface area contributed by atoms with Gasteiger partial charge in [-0.1, -0.05) is 39.0 Å². The fourth-order valence-corrected chi connectivity index (χ4v) is 2.31. The van der Waals surface area contributed by atoms with E-state index in [9.17, 15) is 9.59 Å². The van der Waals surface area contributed by atoms with Crippen molar-refractivity contribution in [3.05, 3.63) is 29.8 Å².